The molecule has 124 valence electrons. The molecular weight excluding hydrogens is 310 g/mol. The zero-order chi connectivity index (χ0) is 16.9. The monoisotopic (exact) mass is 333 g/mol. The van der Waals surface area contributed by atoms with Crippen LogP contribution in [0.3, 0.4) is 0 Å². The highest BCUT2D eigenvalue weighted by molar-refractivity contribution is 7.92. The topological polar surface area (TPSA) is 71.1 Å². The van der Waals surface area contributed by atoms with E-state index in [0.717, 1.165) is 17.8 Å². The smallest absolute Gasteiger partial charge is 0.233 e. The van der Waals surface area contributed by atoms with Gasteiger partial charge in [0.15, 0.2) is 0 Å². The summed E-state index contributed by atoms with van der Waals surface area (Å²) in [7, 11) is -3.31. The molecular formula is C17H23N3O2S. The van der Waals surface area contributed by atoms with Crippen molar-refractivity contribution in [2.75, 3.05) is 15.8 Å². The predicted molar refractivity (Wildman–Crippen MR) is 95.8 cm³/mol. The fraction of sp³-hybridized carbons (Fsp3) is 0.353. The minimum absolute atomic E-state index is 0.119. The Kier molecular flexibility index (Phi) is 5.60. The Labute approximate surface area is 138 Å². The Morgan fingerprint density at radius 2 is 1.78 bits per heavy atom. The lowest BCUT2D eigenvalue weighted by atomic mass is 10.1. The van der Waals surface area contributed by atoms with Gasteiger partial charge in [0.05, 0.1) is 17.6 Å². The number of anilines is 3. The zero-order valence-corrected chi connectivity index (χ0v) is 14.6. The number of aromatic nitrogens is 1. The van der Waals surface area contributed by atoms with Crippen LogP contribution in [0.25, 0.3) is 0 Å². The molecule has 1 heterocycles. The first-order valence-electron chi connectivity index (χ1n) is 7.70. The van der Waals surface area contributed by atoms with E-state index in [1.165, 1.54) is 11.1 Å². The highest BCUT2D eigenvalue weighted by Crippen LogP contribution is 2.20. The van der Waals surface area contributed by atoms with Crippen LogP contribution in [-0.2, 0) is 10.0 Å². The number of nitrogens with one attached hydrogen (secondary N) is 2. The maximum atomic E-state index is 11.8. The van der Waals surface area contributed by atoms with Crippen LogP contribution in [0.15, 0.2) is 36.5 Å². The Bertz CT molecular complexity index is 756. The SMILES string of the molecule is CCCCS(=O)(=O)Nc1ccc(Nc2ccc(C)c(C)c2)cn1. The number of pyridine rings is 1. The maximum Gasteiger partial charge on any atom is 0.233 e. The van der Waals surface area contributed by atoms with Crippen LogP contribution in [-0.4, -0.2) is 19.2 Å². The summed E-state index contributed by atoms with van der Waals surface area (Å²) >= 11 is 0. The van der Waals surface area contributed by atoms with Gasteiger partial charge in [-0.2, -0.15) is 0 Å². The molecule has 2 rings (SSSR count). The first-order chi connectivity index (χ1) is 10.9. The summed E-state index contributed by atoms with van der Waals surface area (Å²) in [5.74, 6) is 0.458. The van der Waals surface area contributed by atoms with Gasteiger partial charge in [-0.15, -0.1) is 0 Å². The third-order valence-corrected chi connectivity index (χ3v) is 4.93. The van der Waals surface area contributed by atoms with Crippen LogP contribution in [0.1, 0.15) is 30.9 Å². The van der Waals surface area contributed by atoms with E-state index in [2.05, 4.69) is 41.0 Å². The minimum Gasteiger partial charge on any atom is -0.354 e. The molecule has 5 nitrogen and oxygen atoms in total. The summed E-state index contributed by atoms with van der Waals surface area (Å²) in [6, 6.07) is 9.59. The molecule has 0 fully saturated rings. The van der Waals surface area contributed by atoms with Crippen molar-refractivity contribution < 1.29 is 8.42 Å². The standard InChI is InChI=1S/C17H23N3O2S/c1-4-5-10-23(21,22)20-17-9-8-16(12-18-17)19-15-7-6-13(2)14(3)11-15/h6-9,11-12,19H,4-5,10H2,1-3H3,(H,18,20). The number of hydrogen-bond donors (Lipinski definition) is 2. The number of benzene rings is 1. The van der Waals surface area contributed by atoms with Crippen LogP contribution in [0, 0.1) is 13.8 Å². The van der Waals surface area contributed by atoms with Gasteiger partial charge in [0.1, 0.15) is 5.82 Å². The summed E-state index contributed by atoms with van der Waals surface area (Å²) in [6.07, 6.45) is 3.10. The summed E-state index contributed by atoms with van der Waals surface area (Å²) in [5, 5.41) is 3.26. The Balaban J connectivity index is 2.03. The lowest BCUT2D eigenvalue weighted by Gasteiger charge is -2.10. The van der Waals surface area contributed by atoms with E-state index in [1.807, 2.05) is 13.0 Å². The van der Waals surface area contributed by atoms with E-state index in [1.54, 1.807) is 18.3 Å². The number of rotatable bonds is 7. The van der Waals surface area contributed by atoms with Crippen molar-refractivity contribution >= 4 is 27.2 Å². The molecule has 23 heavy (non-hydrogen) atoms. The molecule has 0 spiro atoms. The molecule has 0 unspecified atom stereocenters. The molecule has 0 radical (unpaired) electrons. The van der Waals surface area contributed by atoms with Crippen molar-refractivity contribution in [3.63, 3.8) is 0 Å². The van der Waals surface area contributed by atoms with Gasteiger partial charge in [-0.05, 0) is 55.7 Å². The number of aryl methyl sites for hydroxylation is 2. The van der Waals surface area contributed by atoms with Gasteiger partial charge in [-0.3, -0.25) is 4.72 Å². The van der Waals surface area contributed by atoms with Crippen LogP contribution in [0.2, 0.25) is 0 Å². The van der Waals surface area contributed by atoms with Crippen LogP contribution in [0.4, 0.5) is 17.2 Å². The van der Waals surface area contributed by atoms with Crippen molar-refractivity contribution in [2.24, 2.45) is 0 Å². The molecule has 0 saturated heterocycles. The third kappa shape index (κ3) is 5.25. The second-order valence-corrected chi connectivity index (χ2v) is 7.47. The van der Waals surface area contributed by atoms with Crippen molar-refractivity contribution in [1.82, 2.24) is 4.98 Å². The van der Waals surface area contributed by atoms with E-state index in [-0.39, 0.29) is 5.75 Å². The van der Waals surface area contributed by atoms with Crippen molar-refractivity contribution in [1.29, 1.82) is 0 Å². The average Bonchev–Trinajstić information content (AvgIpc) is 2.51. The van der Waals surface area contributed by atoms with E-state index >= 15 is 0 Å². The molecule has 1 aromatic heterocycles. The molecule has 0 aliphatic rings. The molecule has 0 aliphatic heterocycles. The highest BCUT2D eigenvalue weighted by Gasteiger charge is 2.10. The second kappa shape index (κ2) is 7.46. The van der Waals surface area contributed by atoms with Gasteiger partial charge >= 0.3 is 0 Å². The molecule has 0 bridgehead atoms. The molecule has 0 aliphatic carbocycles. The lowest BCUT2D eigenvalue weighted by molar-refractivity contribution is 0.597. The number of unbranched alkanes of at least 4 members (excludes halogenated alkanes) is 1. The maximum absolute atomic E-state index is 11.8. The van der Waals surface area contributed by atoms with Gasteiger partial charge in [0.2, 0.25) is 10.0 Å². The second-order valence-electron chi connectivity index (χ2n) is 5.63. The van der Waals surface area contributed by atoms with E-state index in [9.17, 15) is 8.42 Å². The van der Waals surface area contributed by atoms with Crippen molar-refractivity contribution in [3.8, 4) is 0 Å². The minimum atomic E-state index is -3.31. The lowest BCUT2D eigenvalue weighted by Crippen LogP contribution is -2.17. The van der Waals surface area contributed by atoms with Crippen LogP contribution in [0.5, 0.6) is 0 Å². The van der Waals surface area contributed by atoms with E-state index < -0.39 is 10.0 Å². The Hall–Kier alpha value is -2.08. The fourth-order valence-corrected chi connectivity index (χ4v) is 3.27. The van der Waals surface area contributed by atoms with Gasteiger partial charge in [-0.1, -0.05) is 19.4 Å². The van der Waals surface area contributed by atoms with Gasteiger partial charge < -0.3 is 5.32 Å². The summed E-state index contributed by atoms with van der Waals surface area (Å²) in [5.41, 5.74) is 4.24. The number of nitrogens with zero attached hydrogens (tertiary/aromatic N) is 1. The first kappa shape index (κ1) is 17.3. The summed E-state index contributed by atoms with van der Waals surface area (Å²) in [6.45, 7) is 6.09. The Morgan fingerprint density at radius 1 is 1.04 bits per heavy atom. The highest BCUT2D eigenvalue weighted by atomic mass is 32.2. The molecule has 1 aromatic carbocycles. The molecule has 2 N–H and O–H groups in total. The average molecular weight is 333 g/mol. The predicted octanol–water partition coefficient (Wildman–Crippen LogP) is 3.98. The Morgan fingerprint density at radius 3 is 2.39 bits per heavy atom. The molecule has 2 aromatic rings. The van der Waals surface area contributed by atoms with Gasteiger partial charge in [0, 0.05) is 5.69 Å². The third-order valence-electron chi connectivity index (χ3n) is 3.59. The largest absolute Gasteiger partial charge is 0.354 e. The first-order valence-corrected chi connectivity index (χ1v) is 9.35. The van der Waals surface area contributed by atoms with Crippen molar-refractivity contribution in [2.45, 2.75) is 33.6 Å². The van der Waals surface area contributed by atoms with Crippen LogP contribution < -0.4 is 10.0 Å². The molecule has 6 heteroatoms. The molecule has 0 atom stereocenters. The molecule has 0 amide bonds. The summed E-state index contributed by atoms with van der Waals surface area (Å²) < 4.78 is 26.2. The fourth-order valence-electron chi connectivity index (χ4n) is 2.06. The zero-order valence-electron chi connectivity index (χ0n) is 13.8. The number of sulfonamides is 1. The summed E-state index contributed by atoms with van der Waals surface area (Å²) in [4.78, 5) is 4.16. The number of hydrogen-bond acceptors (Lipinski definition) is 4. The van der Waals surface area contributed by atoms with Gasteiger partial charge in [-0.25, -0.2) is 13.4 Å². The molecule has 0 saturated carbocycles. The van der Waals surface area contributed by atoms with Crippen molar-refractivity contribution in [3.05, 3.63) is 47.7 Å². The van der Waals surface area contributed by atoms with Gasteiger partial charge in [0.25, 0.3) is 0 Å². The normalized spacial score (nSPS) is 11.3. The van der Waals surface area contributed by atoms with E-state index in [4.69, 9.17) is 0 Å². The van der Waals surface area contributed by atoms with E-state index in [0.29, 0.717) is 12.2 Å². The van der Waals surface area contributed by atoms with Crippen LogP contribution >= 0.6 is 0 Å². The quantitative estimate of drug-likeness (QED) is 0.804.